The van der Waals surface area contributed by atoms with Crippen molar-refractivity contribution in [1.82, 2.24) is 9.78 Å². The third kappa shape index (κ3) is 4.45. The molecule has 0 aliphatic rings. The second-order valence-electron chi connectivity index (χ2n) is 4.77. The van der Waals surface area contributed by atoms with E-state index in [1.807, 2.05) is 81.8 Å². The fourth-order valence-corrected chi connectivity index (χ4v) is 2.60. The van der Waals surface area contributed by atoms with Crippen LogP contribution in [-0.4, -0.2) is 16.1 Å². The van der Waals surface area contributed by atoms with Gasteiger partial charge in [-0.3, -0.25) is 9.48 Å². The lowest BCUT2D eigenvalue weighted by molar-refractivity contribution is 0.111. The summed E-state index contributed by atoms with van der Waals surface area (Å²) in [6, 6.07) is 13.6. The number of carbonyl (C=O) groups is 1. The van der Waals surface area contributed by atoms with Gasteiger partial charge in [0.25, 0.3) is 0 Å². The number of benzene rings is 2. The van der Waals surface area contributed by atoms with Crippen LogP contribution in [0.5, 0.6) is 0 Å². The predicted molar refractivity (Wildman–Crippen MR) is 103 cm³/mol. The summed E-state index contributed by atoms with van der Waals surface area (Å²) in [5, 5.41) is 5.94. The van der Waals surface area contributed by atoms with Gasteiger partial charge in [0, 0.05) is 10.4 Å². The summed E-state index contributed by atoms with van der Waals surface area (Å²) < 4.78 is 1.82. The summed E-state index contributed by atoms with van der Waals surface area (Å²) in [4.78, 5) is 11.1. The van der Waals surface area contributed by atoms with E-state index in [2.05, 4.69) is 5.10 Å². The maximum Gasteiger partial charge on any atom is 0.170 e. The van der Waals surface area contributed by atoms with Crippen LogP contribution in [0.2, 0.25) is 5.02 Å². The molecule has 1 aromatic heterocycles. The second kappa shape index (κ2) is 9.89. The Morgan fingerprint density at radius 2 is 1.75 bits per heavy atom. The lowest BCUT2D eigenvalue weighted by atomic mass is 10.1. The first kappa shape index (κ1) is 19.9. The van der Waals surface area contributed by atoms with Crippen molar-refractivity contribution in [3.05, 3.63) is 64.3 Å². The fraction of sp³-hybridized carbons (Fsp3) is 0.300. The second-order valence-corrected chi connectivity index (χ2v) is 5.18. The highest BCUT2D eigenvalue weighted by atomic mass is 35.5. The van der Waals surface area contributed by atoms with E-state index in [0.717, 1.165) is 33.3 Å². The third-order valence-corrected chi connectivity index (χ3v) is 3.68. The van der Waals surface area contributed by atoms with Crippen LogP contribution in [0.1, 0.15) is 49.3 Å². The Balaban J connectivity index is 0.000000671. The Bertz CT molecular complexity index is 793. The van der Waals surface area contributed by atoms with E-state index in [9.17, 15) is 4.79 Å². The van der Waals surface area contributed by atoms with Crippen LogP contribution >= 0.6 is 11.6 Å². The van der Waals surface area contributed by atoms with Gasteiger partial charge < -0.3 is 0 Å². The molecule has 3 aromatic rings. The molecule has 0 N–H and O–H groups in total. The number of carbonyl (C=O) groups excluding carboxylic acids is 1. The zero-order valence-electron chi connectivity index (χ0n) is 15.0. The zero-order chi connectivity index (χ0) is 18.1. The highest BCUT2D eigenvalue weighted by Crippen LogP contribution is 2.22. The van der Waals surface area contributed by atoms with Gasteiger partial charge in [-0.15, -0.1) is 0 Å². The number of aldehydes is 1. The molecule has 0 aliphatic carbocycles. The molecule has 128 valence electrons. The molecule has 24 heavy (non-hydrogen) atoms. The standard InChI is InChI=1S/C16H13ClN2O.2C2H6/c1-11-6-7-12(14(17)8-11)9-19-16-5-3-2-4-13(16)15(10-20)18-19;2*1-2/h2-8,10H,9H2,1H3;2*1-2H3. The summed E-state index contributed by atoms with van der Waals surface area (Å²) in [7, 11) is 0. The van der Waals surface area contributed by atoms with Gasteiger partial charge in [0.1, 0.15) is 5.69 Å². The van der Waals surface area contributed by atoms with E-state index in [0.29, 0.717) is 12.2 Å². The van der Waals surface area contributed by atoms with Gasteiger partial charge in [0.05, 0.1) is 12.1 Å². The van der Waals surface area contributed by atoms with Gasteiger partial charge in [-0.25, -0.2) is 0 Å². The molecular weight excluding hydrogens is 320 g/mol. The summed E-state index contributed by atoms with van der Waals surface area (Å²) in [6.07, 6.45) is 0.787. The Kier molecular flexibility index (Phi) is 8.20. The van der Waals surface area contributed by atoms with Crippen LogP contribution in [0.15, 0.2) is 42.5 Å². The molecule has 0 radical (unpaired) electrons. The molecule has 0 atom stereocenters. The maximum absolute atomic E-state index is 11.1. The molecule has 0 aliphatic heterocycles. The van der Waals surface area contributed by atoms with Crippen LogP contribution < -0.4 is 0 Å². The van der Waals surface area contributed by atoms with Crippen molar-refractivity contribution in [2.45, 2.75) is 41.2 Å². The summed E-state index contributed by atoms with van der Waals surface area (Å²) >= 11 is 6.26. The number of aromatic nitrogens is 2. The van der Waals surface area contributed by atoms with Gasteiger partial charge in [0.2, 0.25) is 0 Å². The average Bonchev–Trinajstić information content (AvgIpc) is 2.99. The molecule has 2 aromatic carbocycles. The van der Waals surface area contributed by atoms with Gasteiger partial charge in [-0.2, -0.15) is 5.10 Å². The molecular formula is C20H25ClN2O. The molecule has 4 heteroatoms. The molecule has 0 saturated carbocycles. The molecule has 0 fully saturated rings. The number of halogens is 1. The first-order valence-corrected chi connectivity index (χ1v) is 8.72. The SMILES string of the molecule is CC.CC.Cc1ccc(Cn2nc(C=O)c3ccccc32)c(Cl)c1. The highest BCUT2D eigenvalue weighted by molar-refractivity contribution is 6.31. The van der Waals surface area contributed by atoms with Gasteiger partial charge >= 0.3 is 0 Å². The van der Waals surface area contributed by atoms with Crippen LogP contribution in [0.4, 0.5) is 0 Å². The van der Waals surface area contributed by atoms with E-state index in [-0.39, 0.29) is 0 Å². The normalized spacial score (nSPS) is 9.58. The van der Waals surface area contributed by atoms with Crippen LogP contribution in [0.25, 0.3) is 10.9 Å². The third-order valence-electron chi connectivity index (χ3n) is 3.33. The van der Waals surface area contributed by atoms with Gasteiger partial charge in [-0.05, 0) is 30.2 Å². The van der Waals surface area contributed by atoms with Crippen molar-refractivity contribution in [3.63, 3.8) is 0 Å². The first-order chi connectivity index (χ1) is 11.7. The minimum Gasteiger partial charge on any atom is -0.296 e. The van der Waals surface area contributed by atoms with Crippen LogP contribution in [-0.2, 0) is 6.54 Å². The number of hydrogen-bond acceptors (Lipinski definition) is 2. The van der Waals surface area contributed by atoms with Crippen LogP contribution in [0, 0.1) is 6.92 Å². The quantitative estimate of drug-likeness (QED) is 0.553. The highest BCUT2D eigenvalue weighted by Gasteiger charge is 2.10. The molecule has 0 amide bonds. The summed E-state index contributed by atoms with van der Waals surface area (Å²) in [5.74, 6) is 0. The first-order valence-electron chi connectivity index (χ1n) is 8.35. The molecule has 0 bridgehead atoms. The minimum atomic E-state index is 0.462. The Labute approximate surface area is 149 Å². The lowest BCUT2D eigenvalue weighted by Crippen LogP contribution is -2.03. The van der Waals surface area contributed by atoms with Gasteiger partial charge in [0.15, 0.2) is 6.29 Å². The number of hydrogen-bond donors (Lipinski definition) is 0. The fourth-order valence-electron chi connectivity index (χ4n) is 2.30. The van der Waals surface area contributed by atoms with Crippen molar-refractivity contribution in [1.29, 1.82) is 0 Å². The van der Waals surface area contributed by atoms with E-state index >= 15 is 0 Å². The molecule has 0 saturated heterocycles. The monoisotopic (exact) mass is 344 g/mol. The number of para-hydroxylation sites is 1. The number of nitrogens with zero attached hydrogens (tertiary/aromatic N) is 2. The molecule has 0 unspecified atom stereocenters. The maximum atomic E-state index is 11.1. The lowest BCUT2D eigenvalue weighted by Gasteiger charge is -2.07. The van der Waals surface area contributed by atoms with Crippen molar-refractivity contribution in [2.75, 3.05) is 0 Å². The van der Waals surface area contributed by atoms with Crippen molar-refractivity contribution in [3.8, 4) is 0 Å². The smallest absolute Gasteiger partial charge is 0.170 e. The van der Waals surface area contributed by atoms with Crippen molar-refractivity contribution >= 4 is 28.8 Å². The number of aryl methyl sites for hydroxylation is 1. The van der Waals surface area contributed by atoms with Crippen LogP contribution in [0.3, 0.4) is 0 Å². The molecule has 3 rings (SSSR count). The molecule has 0 spiro atoms. The zero-order valence-corrected chi connectivity index (χ0v) is 15.8. The van der Waals surface area contributed by atoms with E-state index in [1.54, 1.807) is 0 Å². The number of rotatable bonds is 3. The molecule has 3 nitrogen and oxygen atoms in total. The van der Waals surface area contributed by atoms with E-state index in [1.165, 1.54) is 0 Å². The summed E-state index contributed by atoms with van der Waals surface area (Å²) in [5.41, 5.74) is 3.51. The van der Waals surface area contributed by atoms with Crippen molar-refractivity contribution in [2.24, 2.45) is 0 Å². The Hall–Kier alpha value is -2.13. The average molecular weight is 345 g/mol. The number of fused-ring (bicyclic) bond motifs is 1. The summed E-state index contributed by atoms with van der Waals surface area (Å²) in [6.45, 7) is 10.6. The predicted octanol–water partition coefficient (Wildman–Crippen LogP) is 5.91. The van der Waals surface area contributed by atoms with Crippen molar-refractivity contribution < 1.29 is 4.79 Å². The minimum absolute atomic E-state index is 0.462. The largest absolute Gasteiger partial charge is 0.296 e. The van der Waals surface area contributed by atoms with E-state index < -0.39 is 0 Å². The Morgan fingerprint density at radius 1 is 1.08 bits per heavy atom. The topological polar surface area (TPSA) is 34.9 Å². The molecule has 1 heterocycles. The van der Waals surface area contributed by atoms with E-state index in [4.69, 9.17) is 11.6 Å². The Morgan fingerprint density at radius 3 is 2.38 bits per heavy atom. The van der Waals surface area contributed by atoms with Gasteiger partial charge in [-0.1, -0.05) is 69.6 Å².